The first-order valence-electron chi connectivity index (χ1n) is 7.24. The molecule has 2 nitrogen and oxygen atoms in total. The molecule has 0 fully saturated rings. The highest BCUT2D eigenvalue weighted by atomic mass is 79.9. The van der Waals surface area contributed by atoms with E-state index in [0.29, 0.717) is 11.5 Å². The molecule has 1 aromatic rings. The van der Waals surface area contributed by atoms with E-state index in [-0.39, 0.29) is 0 Å². The van der Waals surface area contributed by atoms with E-state index < -0.39 is 0 Å². The summed E-state index contributed by atoms with van der Waals surface area (Å²) in [5, 5.41) is 5.84. The normalized spacial score (nSPS) is 12.3. The van der Waals surface area contributed by atoms with Crippen molar-refractivity contribution in [2.45, 2.75) is 65.8 Å². The first kappa shape index (κ1) is 15.7. The average Bonchev–Trinajstić information content (AvgIpc) is 2.86. The van der Waals surface area contributed by atoms with Crippen molar-refractivity contribution in [1.29, 1.82) is 0 Å². The van der Waals surface area contributed by atoms with Crippen LogP contribution in [-0.2, 0) is 6.42 Å². The molecule has 0 aliphatic heterocycles. The molecule has 0 aliphatic rings. The second kappa shape index (κ2) is 7.32. The molecule has 1 aromatic heterocycles. The number of hydrogen-bond donors (Lipinski definition) is 0. The first-order chi connectivity index (χ1) is 8.64. The van der Waals surface area contributed by atoms with Gasteiger partial charge in [-0.2, -0.15) is 5.10 Å². The smallest absolute Gasteiger partial charge is 0.0630 e. The minimum absolute atomic E-state index is 0.368. The molecule has 3 heteroatoms. The van der Waals surface area contributed by atoms with E-state index in [1.807, 2.05) is 0 Å². The van der Waals surface area contributed by atoms with Crippen molar-refractivity contribution in [2.75, 3.05) is 5.33 Å². The number of nitrogens with zero attached hydrogens (tertiary/aromatic N) is 2. The van der Waals surface area contributed by atoms with Crippen molar-refractivity contribution in [2.24, 2.45) is 5.41 Å². The Bertz CT molecular complexity index is 330. The highest BCUT2D eigenvalue weighted by Crippen LogP contribution is 2.32. The van der Waals surface area contributed by atoms with Gasteiger partial charge in [0, 0.05) is 11.5 Å². The second-order valence-electron chi connectivity index (χ2n) is 5.27. The van der Waals surface area contributed by atoms with Gasteiger partial charge < -0.3 is 0 Å². The lowest BCUT2D eigenvalue weighted by atomic mass is 9.80. The summed E-state index contributed by atoms with van der Waals surface area (Å²) in [4.78, 5) is 0. The van der Waals surface area contributed by atoms with E-state index in [4.69, 9.17) is 5.10 Å². The fourth-order valence-corrected chi connectivity index (χ4v) is 3.45. The number of aromatic nitrogens is 2. The van der Waals surface area contributed by atoms with Crippen LogP contribution in [0.25, 0.3) is 0 Å². The highest BCUT2D eigenvalue weighted by molar-refractivity contribution is 9.09. The lowest BCUT2D eigenvalue weighted by Gasteiger charge is -2.28. The Morgan fingerprint density at radius 1 is 1.22 bits per heavy atom. The zero-order valence-electron chi connectivity index (χ0n) is 12.2. The molecule has 0 aromatic carbocycles. The maximum absolute atomic E-state index is 4.78. The van der Waals surface area contributed by atoms with Gasteiger partial charge in [-0.3, -0.25) is 4.68 Å². The predicted octanol–water partition coefficient (Wildman–Crippen LogP) is 4.99. The summed E-state index contributed by atoms with van der Waals surface area (Å²) in [5.74, 6) is 0. The molecule has 0 aliphatic carbocycles. The molecule has 0 unspecified atom stereocenters. The largest absolute Gasteiger partial charge is 0.269 e. The standard InChI is InChI=1S/C15H27BrN2/c1-5-14(6-2)18-10-9-13(17-18)11-15(7-3,8-4)12-16/h9-10,14H,5-8,11-12H2,1-4H3. The molecule has 0 saturated carbocycles. The van der Waals surface area contributed by atoms with Crippen LogP contribution in [0, 0.1) is 5.41 Å². The summed E-state index contributed by atoms with van der Waals surface area (Å²) in [7, 11) is 0. The van der Waals surface area contributed by atoms with Gasteiger partial charge in [0.25, 0.3) is 0 Å². The molecule has 0 radical (unpaired) electrons. The van der Waals surface area contributed by atoms with Crippen LogP contribution in [0.5, 0.6) is 0 Å². The van der Waals surface area contributed by atoms with Gasteiger partial charge in [-0.1, -0.05) is 43.6 Å². The molecular formula is C15H27BrN2. The zero-order valence-corrected chi connectivity index (χ0v) is 13.8. The van der Waals surface area contributed by atoms with Crippen LogP contribution < -0.4 is 0 Å². The topological polar surface area (TPSA) is 17.8 Å². The van der Waals surface area contributed by atoms with E-state index in [1.54, 1.807) is 0 Å². The summed E-state index contributed by atoms with van der Waals surface area (Å²) in [6.07, 6.45) is 7.94. The van der Waals surface area contributed by atoms with Crippen LogP contribution in [0.2, 0.25) is 0 Å². The lowest BCUT2D eigenvalue weighted by Crippen LogP contribution is -2.24. The SMILES string of the molecule is CCC(CC)n1ccc(CC(CC)(CC)CBr)n1. The Kier molecular flexibility index (Phi) is 6.40. The number of rotatable bonds is 8. The number of alkyl halides is 1. The summed E-state index contributed by atoms with van der Waals surface area (Å²) < 4.78 is 2.15. The molecule has 0 atom stereocenters. The summed E-state index contributed by atoms with van der Waals surface area (Å²) >= 11 is 3.68. The van der Waals surface area contributed by atoms with E-state index in [1.165, 1.54) is 18.5 Å². The monoisotopic (exact) mass is 314 g/mol. The van der Waals surface area contributed by atoms with Gasteiger partial charge in [0.2, 0.25) is 0 Å². The van der Waals surface area contributed by atoms with E-state index >= 15 is 0 Å². The maximum atomic E-state index is 4.78. The minimum atomic E-state index is 0.368. The predicted molar refractivity (Wildman–Crippen MR) is 82.4 cm³/mol. The molecule has 0 saturated heterocycles. The van der Waals surface area contributed by atoms with E-state index in [0.717, 1.165) is 24.6 Å². The van der Waals surface area contributed by atoms with Crippen molar-refractivity contribution in [3.63, 3.8) is 0 Å². The average molecular weight is 315 g/mol. The van der Waals surface area contributed by atoms with Crippen LogP contribution in [0.3, 0.4) is 0 Å². The molecule has 0 bridgehead atoms. The fourth-order valence-electron chi connectivity index (χ4n) is 2.46. The fraction of sp³-hybridized carbons (Fsp3) is 0.800. The third-order valence-electron chi connectivity index (χ3n) is 4.32. The van der Waals surface area contributed by atoms with Crippen molar-refractivity contribution >= 4 is 15.9 Å². The Morgan fingerprint density at radius 2 is 1.83 bits per heavy atom. The van der Waals surface area contributed by atoms with Crippen molar-refractivity contribution in [3.05, 3.63) is 18.0 Å². The van der Waals surface area contributed by atoms with Crippen molar-refractivity contribution in [3.8, 4) is 0 Å². The van der Waals surface area contributed by atoms with Crippen LogP contribution in [0.4, 0.5) is 0 Å². The first-order valence-corrected chi connectivity index (χ1v) is 8.36. The molecule has 18 heavy (non-hydrogen) atoms. The quantitative estimate of drug-likeness (QED) is 0.618. The van der Waals surface area contributed by atoms with Crippen molar-refractivity contribution < 1.29 is 0 Å². The van der Waals surface area contributed by atoms with Crippen LogP contribution in [0.1, 0.15) is 65.1 Å². The molecule has 0 amide bonds. The zero-order chi connectivity index (χ0) is 13.6. The van der Waals surface area contributed by atoms with Gasteiger partial charge in [0.05, 0.1) is 11.7 Å². The van der Waals surface area contributed by atoms with Gasteiger partial charge in [-0.25, -0.2) is 0 Å². The Morgan fingerprint density at radius 3 is 2.28 bits per heavy atom. The van der Waals surface area contributed by atoms with Gasteiger partial charge in [-0.15, -0.1) is 0 Å². The van der Waals surface area contributed by atoms with Gasteiger partial charge >= 0.3 is 0 Å². The third kappa shape index (κ3) is 3.59. The van der Waals surface area contributed by atoms with E-state index in [2.05, 4.69) is 60.6 Å². The summed E-state index contributed by atoms with van der Waals surface area (Å²) in [5.41, 5.74) is 1.61. The lowest BCUT2D eigenvalue weighted by molar-refractivity contribution is 0.301. The molecule has 0 spiro atoms. The molecule has 1 rings (SSSR count). The molecule has 1 heterocycles. The Hall–Kier alpha value is -0.310. The number of halogens is 1. The Labute approximate surface area is 120 Å². The van der Waals surface area contributed by atoms with Crippen molar-refractivity contribution in [1.82, 2.24) is 9.78 Å². The highest BCUT2D eigenvalue weighted by Gasteiger charge is 2.26. The molecule has 0 N–H and O–H groups in total. The van der Waals surface area contributed by atoms with Crippen LogP contribution >= 0.6 is 15.9 Å². The maximum Gasteiger partial charge on any atom is 0.0630 e. The van der Waals surface area contributed by atoms with Gasteiger partial charge in [0.1, 0.15) is 0 Å². The Balaban J connectivity index is 2.79. The summed E-state index contributed by atoms with van der Waals surface area (Å²) in [6.45, 7) is 9.03. The second-order valence-corrected chi connectivity index (χ2v) is 5.84. The number of hydrogen-bond acceptors (Lipinski definition) is 1. The summed E-state index contributed by atoms with van der Waals surface area (Å²) in [6, 6.07) is 2.75. The van der Waals surface area contributed by atoms with Gasteiger partial charge in [-0.05, 0) is 43.6 Å². The van der Waals surface area contributed by atoms with Crippen LogP contribution in [0.15, 0.2) is 12.3 Å². The van der Waals surface area contributed by atoms with Gasteiger partial charge in [0.15, 0.2) is 0 Å². The minimum Gasteiger partial charge on any atom is -0.269 e. The van der Waals surface area contributed by atoms with E-state index in [9.17, 15) is 0 Å². The molecule has 104 valence electrons. The molecular weight excluding hydrogens is 288 g/mol. The van der Waals surface area contributed by atoms with Crippen LogP contribution in [-0.4, -0.2) is 15.1 Å². The third-order valence-corrected chi connectivity index (χ3v) is 5.51.